The molecule has 4 nitrogen and oxygen atoms in total. The molecule has 1 saturated carbocycles. The van der Waals surface area contributed by atoms with E-state index in [1.54, 1.807) is 6.92 Å². The lowest BCUT2D eigenvalue weighted by molar-refractivity contribution is -0.120. The molecule has 1 aliphatic rings. The molecule has 0 bridgehead atoms. The van der Waals surface area contributed by atoms with Crippen LogP contribution in [0.25, 0.3) is 11.1 Å². The summed E-state index contributed by atoms with van der Waals surface area (Å²) in [6, 6.07) is 8.02. The van der Waals surface area contributed by atoms with E-state index < -0.39 is 0 Å². The van der Waals surface area contributed by atoms with Gasteiger partial charge in [-0.2, -0.15) is 0 Å². The zero-order valence-electron chi connectivity index (χ0n) is 15.3. The van der Waals surface area contributed by atoms with Gasteiger partial charge in [-0.3, -0.25) is 4.79 Å². The highest BCUT2D eigenvalue weighted by atomic mass is 32.1. The number of carbonyl (C=O) groups excluding carboxylic acids is 2. The normalized spacial score (nSPS) is 14.8. The molecule has 26 heavy (non-hydrogen) atoms. The third-order valence-corrected chi connectivity index (χ3v) is 5.74. The van der Waals surface area contributed by atoms with Crippen LogP contribution >= 0.6 is 11.3 Å². The topological polar surface area (TPSA) is 55.4 Å². The summed E-state index contributed by atoms with van der Waals surface area (Å²) in [5.41, 5.74) is 3.39. The number of nitrogens with one attached hydrogen (secondary N) is 1. The summed E-state index contributed by atoms with van der Waals surface area (Å²) in [5, 5.41) is 5.52. The molecule has 5 heteroatoms. The summed E-state index contributed by atoms with van der Waals surface area (Å²) >= 11 is 1.39. The Hall–Kier alpha value is -2.14. The maximum Gasteiger partial charge on any atom is 0.341 e. The maximum atomic E-state index is 12.6. The fourth-order valence-corrected chi connectivity index (χ4v) is 4.34. The van der Waals surface area contributed by atoms with Crippen LogP contribution in [-0.2, 0) is 9.53 Å². The molecule has 138 valence electrons. The van der Waals surface area contributed by atoms with Crippen LogP contribution in [-0.4, -0.2) is 18.5 Å². The fourth-order valence-electron chi connectivity index (χ4n) is 3.38. The molecule has 0 radical (unpaired) electrons. The lowest BCUT2D eigenvalue weighted by atomic mass is 9.88. The molecule has 1 amide bonds. The molecule has 1 aromatic carbocycles. The molecule has 0 aliphatic heterocycles. The molecule has 3 rings (SSSR count). The quantitative estimate of drug-likeness (QED) is 0.714. The van der Waals surface area contributed by atoms with Crippen molar-refractivity contribution in [2.24, 2.45) is 5.92 Å². The molecular formula is C21H25NO3S. The Morgan fingerprint density at radius 3 is 2.50 bits per heavy atom. The summed E-state index contributed by atoms with van der Waals surface area (Å²) in [6.45, 7) is 4.12. The Kier molecular flexibility index (Phi) is 6.09. The monoisotopic (exact) mass is 371 g/mol. The molecule has 1 heterocycles. The number of esters is 1. The largest absolute Gasteiger partial charge is 0.462 e. The highest BCUT2D eigenvalue weighted by Gasteiger charge is 2.26. The summed E-state index contributed by atoms with van der Waals surface area (Å²) in [7, 11) is 0. The van der Waals surface area contributed by atoms with Gasteiger partial charge >= 0.3 is 5.97 Å². The lowest BCUT2D eigenvalue weighted by Gasteiger charge is -2.20. The van der Waals surface area contributed by atoms with Gasteiger partial charge in [0.2, 0.25) is 5.91 Å². The second-order valence-electron chi connectivity index (χ2n) is 6.76. The van der Waals surface area contributed by atoms with Crippen molar-refractivity contribution in [2.45, 2.75) is 46.0 Å². The third kappa shape index (κ3) is 4.15. The van der Waals surface area contributed by atoms with Crippen LogP contribution in [0.2, 0.25) is 0 Å². The van der Waals surface area contributed by atoms with Crippen molar-refractivity contribution in [3.63, 3.8) is 0 Å². The number of carbonyl (C=O) groups is 2. The number of rotatable bonds is 5. The van der Waals surface area contributed by atoms with Crippen LogP contribution in [0.4, 0.5) is 5.00 Å². The second-order valence-corrected chi connectivity index (χ2v) is 7.64. The third-order valence-electron chi connectivity index (χ3n) is 4.85. The molecule has 1 aromatic heterocycles. The molecular weight excluding hydrogens is 346 g/mol. The summed E-state index contributed by atoms with van der Waals surface area (Å²) in [5.74, 6) is -0.320. The van der Waals surface area contributed by atoms with E-state index in [-0.39, 0.29) is 17.8 Å². The van der Waals surface area contributed by atoms with Crippen LogP contribution < -0.4 is 5.32 Å². The minimum absolute atomic E-state index is 0.0209. The van der Waals surface area contributed by atoms with E-state index in [2.05, 4.69) is 5.32 Å². The van der Waals surface area contributed by atoms with Gasteiger partial charge in [0.1, 0.15) is 10.6 Å². The molecule has 1 fully saturated rings. The minimum Gasteiger partial charge on any atom is -0.462 e. The average Bonchev–Trinajstić information content (AvgIpc) is 3.07. The van der Waals surface area contributed by atoms with Gasteiger partial charge in [-0.15, -0.1) is 11.3 Å². The molecule has 0 unspecified atom stereocenters. The smallest absolute Gasteiger partial charge is 0.341 e. The van der Waals surface area contributed by atoms with Gasteiger partial charge < -0.3 is 10.1 Å². The molecule has 0 saturated heterocycles. The van der Waals surface area contributed by atoms with Crippen molar-refractivity contribution in [1.29, 1.82) is 0 Å². The Labute approximate surface area is 158 Å². The van der Waals surface area contributed by atoms with Crippen molar-refractivity contribution in [3.8, 4) is 11.1 Å². The van der Waals surface area contributed by atoms with Gasteiger partial charge in [-0.1, -0.05) is 49.1 Å². The first-order valence-corrected chi connectivity index (χ1v) is 10.1. The number of amides is 1. The van der Waals surface area contributed by atoms with E-state index >= 15 is 0 Å². The number of ether oxygens (including phenoxy) is 1. The van der Waals surface area contributed by atoms with Crippen molar-refractivity contribution < 1.29 is 14.3 Å². The Balaban J connectivity index is 1.90. The van der Waals surface area contributed by atoms with Crippen LogP contribution in [0, 0.1) is 12.8 Å². The summed E-state index contributed by atoms with van der Waals surface area (Å²) in [6.07, 6.45) is 5.26. The van der Waals surface area contributed by atoms with Crippen molar-refractivity contribution >= 4 is 28.2 Å². The van der Waals surface area contributed by atoms with Gasteiger partial charge in [0, 0.05) is 16.9 Å². The van der Waals surface area contributed by atoms with Gasteiger partial charge in [0.05, 0.1) is 6.61 Å². The zero-order valence-corrected chi connectivity index (χ0v) is 16.2. The number of hydrogen-bond donors (Lipinski definition) is 1. The summed E-state index contributed by atoms with van der Waals surface area (Å²) < 4.78 is 5.26. The fraction of sp³-hybridized carbons (Fsp3) is 0.429. The molecule has 2 aromatic rings. The van der Waals surface area contributed by atoms with E-state index in [9.17, 15) is 9.59 Å². The van der Waals surface area contributed by atoms with Crippen molar-refractivity contribution in [3.05, 3.63) is 40.8 Å². The first kappa shape index (κ1) is 18.6. The number of benzene rings is 1. The number of thiophene rings is 1. The average molecular weight is 372 g/mol. The maximum absolute atomic E-state index is 12.6. The van der Waals surface area contributed by atoms with Crippen molar-refractivity contribution in [2.75, 3.05) is 11.9 Å². The van der Waals surface area contributed by atoms with E-state index in [1.807, 2.05) is 36.6 Å². The first-order valence-electron chi connectivity index (χ1n) is 9.26. The molecule has 0 atom stereocenters. The lowest BCUT2D eigenvalue weighted by Crippen LogP contribution is -2.25. The Bertz CT molecular complexity index is 773. The van der Waals surface area contributed by atoms with E-state index in [4.69, 9.17) is 4.74 Å². The predicted octanol–water partition coefficient (Wildman–Crippen LogP) is 5.42. The Morgan fingerprint density at radius 1 is 1.15 bits per heavy atom. The zero-order chi connectivity index (χ0) is 18.5. The summed E-state index contributed by atoms with van der Waals surface area (Å²) in [4.78, 5) is 25.2. The SMILES string of the molecule is CCOC(=O)c1c(-c2ccc(C)cc2)csc1NC(=O)C1CCCCC1. The molecule has 1 N–H and O–H groups in total. The van der Waals surface area contributed by atoms with Crippen LogP contribution in [0.3, 0.4) is 0 Å². The number of aryl methyl sites for hydroxylation is 1. The second kappa shape index (κ2) is 8.49. The van der Waals surface area contributed by atoms with Gasteiger partial charge in [-0.05, 0) is 32.3 Å². The van der Waals surface area contributed by atoms with E-state index in [0.29, 0.717) is 17.2 Å². The van der Waals surface area contributed by atoms with Gasteiger partial charge in [0.15, 0.2) is 0 Å². The van der Waals surface area contributed by atoms with E-state index in [1.165, 1.54) is 17.8 Å². The molecule has 1 aliphatic carbocycles. The van der Waals surface area contributed by atoms with E-state index in [0.717, 1.165) is 42.4 Å². The van der Waals surface area contributed by atoms with Crippen molar-refractivity contribution in [1.82, 2.24) is 0 Å². The predicted molar refractivity (Wildman–Crippen MR) is 106 cm³/mol. The Morgan fingerprint density at radius 2 is 1.85 bits per heavy atom. The molecule has 0 spiro atoms. The standard InChI is InChI=1S/C21H25NO3S/c1-3-25-21(24)18-17(15-11-9-14(2)10-12-15)13-26-20(18)22-19(23)16-7-5-4-6-8-16/h9-13,16H,3-8H2,1-2H3,(H,22,23). The highest BCUT2D eigenvalue weighted by molar-refractivity contribution is 7.15. The van der Waals surface area contributed by atoms with Gasteiger partial charge in [0.25, 0.3) is 0 Å². The van der Waals surface area contributed by atoms with Crippen LogP contribution in [0.1, 0.15) is 54.9 Å². The number of anilines is 1. The first-order chi connectivity index (χ1) is 12.6. The van der Waals surface area contributed by atoms with Crippen LogP contribution in [0.15, 0.2) is 29.6 Å². The minimum atomic E-state index is -0.386. The van der Waals surface area contributed by atoms with Gasteiger partial charge in [-0.25, -0.2) is 4.79 Å². The highest BCUT2D eigenvalue weighted by Crippen LogP contribution is 2.37. The van der Waals surface area contributed by atoms with Crippen LogP contribution in [0.5, 0.6) is 0 Å². The number of hydrogen-bond acceptors (Lipinski definition) is 4.